The highest BCUT2D eigenvalue weighted by atomic mass is 35.5. The lowest BCUT2D eigenvalue weighted by Crippen LogP contribution is -2.43. The SMILES string of the molecule is COc1nc(-c2cccc(-c3cccc(B4OC(C)(C)C(C)(C)O4)c3Cl)c2Cl)ccc1CN(C[C@H]1CCC(=O)N1)C(=O)OC(C)(C)C. The second kappa shape index (κ2) is 13.3. The summed E-state index contributed by atoms with van der Waals surface area (Å²) in [4.78, 5) is 31.4. The minimum absolute atomic E-state index is 0.0250. The van der Waals surface area contributed by atoms with E-state index in [4.69, 9.17) is 47.0 Å². The monoisotopic (exact) mass is 681 g/mol. The summed E-state index contributed by atoms with van der Waals surface area (Å²) in [5.74, 6) is 0.316. The van der Waals surface area contributed by atoms with E-state index in [1.807, 2.05) is 97.0 Å². The van der Waals surface area contributed by atoms with Crippen LogP contribution in [-0.2, 0) is 25.4 Å². The molecular weight excluding hydrogens is 640 g/mol. The molecule has 0 aliphatic carbocycles. The first-order chi connectivity index (χ1) is 22.0. The molecule has 3 aromatic rings. The van der Waals surface area contributed by atoms with E-state index in [0.29, 0.717) is 52.1 Å². The Labute approximate surface area is 287 Å². The number of pyridine rings is 1. The van der Waals surface area contributed by atoms with Gasteiger partial charge in [-0.05, 0) is 67.0 Å². The minimum atomic E-state index is -0.686. The van der Waals surface area contributed by atoms with Gasteiger partial charge >= 0.3 is 13.2 Å². The number of carbonyl (C=O) groups is 2. The third-order valence-electron chi connectivity index (χ3n) is 8.77. The second-order valence-electron chi connectivity index (χ2n) is 14.0. The number of methoxy groups -OCH3 is 1. The highest BCUT2D eigenvalue weighted by Crippen LogP contribution is 2.41. The fourth-order valence-electron chi connectivity index (χ4n) is 5.58. The summed E-state index contributed by atoms with van der Waals surface area (Å²) in [5.41, 5.74) is 2.43. The molecule has 2 amide bonds. The van der Waals surface area contributed by atoms with Crippen LogP contribution in [0, 0.1) is 0 Å². The number of nitrogens with one attached hydrogen (secondary N) is 1. The van der Waals surface area contributed by atoms with Crippen molar-refractivity contribution in [2.24, 2.45) is 0 Å². The Morgan fingerprint density at radius 3 is 2.21 bits per heavy atom. The lowest BCUT2D eigenvalue weighted by atomic mass is 9.77. The lowest BCUT2D eigenvalue weighted by Gasteiger charge is -2.32. The Morgan fingerprint density at radius 2 is 1.62 bits per heavy atom. The number of halogens is 2. The fourth-order valence-corrected chi connectivity index (χ4v) is 6.22. The van der Waals surface area contributed by atoms with Gasteiger partial charge in [0.15, 0.2) is 0 Å². The molecule has 1 N–H and O–H groups in total. The summed E-state index contributed by atoms with van der Waals surface area (Å²) >= 11 is 14.1. The van der Waals surface area contributed by atoms with E-state index in [9.17, 15) is 9.59 Å². The Bertz CT molecular complexity index is 1660. The van der Waals surface area contributed by atoms with Gasteiger partial charge in [0.1, 0.15) is 5.60 Å². The highest BCUT2D eigenvalue weighted by Gasteiger charge is 2.52. The normalized spacial score (nSPS) is 18.6. The molecule has 0 spiro atoms. The number of carbonyl (C=O) groups excluding carboxylic acids is 2. The molecule has 2 aromatic carbocycles. The molecule has 9 nitrogen and oxygen atoms in total. The second-order valence-corrected chi connectivity index (χ2v) is 14.7. The molecule has 1 atom stereocenters. The molecule has 2 aliphatic rings. The number of hydrogen-bond acceptors (Lipinski definition) is 7. The molecule has 2 saturated heterocycles. The van der Waals surface area contributed by atoms with E-state index in [1.165, 1.54) is 7.11 Å². The number of hydrogen-bond donors (Lipinski definition) is 1. The Balaban J connectivity index is 1.44. The van der Waals surface area contributed by atoms with E-state index < -0.39 is 30.0 Å². The predicted molar refractivity (Wildman–Crippen MR) is 185 cm³/mol. The zero-order valence-electron chi connectivity index (χ0n) is 28.2. The van der Waals surface area contributed by atoms with Crippen molar-refractivity contribution in [1.29, 1.82) is 0 Å². The van der Waals surface area contributed by atoms with Crippen LogP contribution in [0.5, 0.6) is 5.88 Å². The summed E-state index contributed by atoms with van der Waals surface area (Å²) in [5, 5.41) is 3.89. The molecule has 0 bridgehead atoms. The van der Waals surface area contributed by atoms with Crippen molar-refractivity contribution >= 4 is 47.8 Å². The summed E-state index contributed by atoms with van der Waals surface area (Å²) in [6.07, 6.45) is 0.589. The molecule has 1 aromatic heterocycles. The van der Waals surface area contributed by atoms with Crippen molar-refractivity contribution in [3.05, 3.63) is 64.1 Å². The van der Waals surface area contributed by atoms with Crippen LogP contribution in [0.4, 0.5) is 4.79 Å². The van der Waals surface area contributed by atoms with Crippen molar-refractivity contribution < 1.29 is 28.4 Å². The van der Waals surface area contributed by atoms with Gasteiger partial charge in [-0.2, -0.15) is 0 Å². The molecule has 0 radical (unpaired) electrons. The molecular formula is C35H42BCl2N3O6. The van der Waals surface area contributed by atoms with Gasteiger partial charge in [0.2, 0.25) is 11.8 Å². The number of nitrogens with zero attached hydrogens (tertiary/aromatic N) is 2. The van der Waals surface area contributed by atoms with E-state index in [2.05, 4.69) is 5.32 Å². The maximum atomic E-state index is 13.2. The van der Waals surface area contributed by atoms with Gasteiger partial charge in [-0.3, -0.25) is 4.79 Å². The van der Waals surface area contributed by atoms with Crippen LogP contribution in [0.25, 0.3) is 22.4 Å². The van der Waals surface area contributed by atoms with Gasteiger partial charge in [0, 0.05) is 51.7 Å². The summed E-state index contributed by atoms with van der Waals surface area (Å²) in [6, 6.07) is 15.0. The van der Waals surface area contributed by atoms with E-state index in [0.717, 1.165) is 16.6 Å². The van der Waals surface area contributed by atoms with Crippen LogP contribution >= 0.6 is 23.2 Å². The Hall–Kier alpha value is -3.31. The van der Waals surface area contributed by atoms with Crippen LogP contribution in [0.1, 0.15) is 66.9 Å². The van der Waals surface area contributed by atoms with Gasteiger partial charge in [-0.15, -0.1) is 0 Å². The van der Waals surface area contributed by atoms with Crippen molar-refractivity contribution in [3.63, 3.8) is 0 Å². The molecule has 2 aliphatic heterocycles. The molecule has 3 heterocycles. The number of benzene rings is 2. The van der Waals surface area contributed by atoms with Gasteiger partial charge < -0.3 is 29.0 Å². The molecule has 0 unspecified atom stereocenters. The first-order valence-electron chi connectivity index (χ1n) is 15.7. The van der Waals surface area contributed by atoms with Crippen molar-refractivity contribution in [1.82, 2.24) is 15.2 Å². The van der Waals surface area contributed by atoms with Crippen LogP contribution in [0.15, 0.2) is 48.5 Å². The molecule has 2 fully saturated rings. The Kier molecular flexibility index (Phi) is 9.91. The van der Waals surface area contributed by atoms with Gasteiger partial charge in [-0.1, -0.05) is 59.6 Å². The molecule has 0 saturated carbocycles. The standard InChI is InChI=1S/C35H42BCl2N3O6/c1-33(2,3)45-32(43)41(20-22-16-18-28(42)39-22)19-21-15-17-27(40-31(21)44-8)25-13-9-11-23(29(25)37)24-12-10-14-26(30(24)38)36-46-34(4,5)35(6,7)47-36/h9-15,17,22H,16,18-20H2,1-8H3,(H,39,42)/t22-/m1/s1. The summed E-state index contributed by atoms with van der Waals surface area (Å²) in [6.45, 7) is 13.9. The van der Waals surface area contributed by atoms with E-state index >= 15 is 0 Å². The van der Waals surface area contributed by atoms with E-state index in [1.54, 1.807) is 4.90 Å². The van der Waals surface area contributed by atoms with Gasteiger partial charge in [-0.25, -0.2) is 9.78 Å². The zero-order valence-corrected chi connectivity index (χ0v) is 29.7. The highest BCUT2D eigenvalue weighted by molar-refractivity contribution is 6.66. The van der Waals surface area contributed by atoms with Crippen molar-refractivity contribution in [3.8, 4) is 28.3 Å². The quantitative estimate of drug-likeness (QED) is 0.255. The molecule has 5 rings (SSSR count). The maximum absolute atomic E-state index is 13.2. The minimum Gasteiger partial charge on any atom is -0.481 e. The van der Waals surface area contributed by atoms with Crippen LogP contribution in [0.3, 0.4) is 0 Å². The first-order valence-corrected chi connectivity index (χ1v) is 16.5. The topological polar surface area (TPSA) is 99.2 Å². The van der Waals surface area contributed by atoms with Gasteiger partial charge in [0.05, 0.1) is 35.6 Å². The average molecular weight is 682 g/mol. The predicted octanol–water partition coefficient (Wildman–Crippen LogP) is 7.05. The third kappa shape index (κ3) is 7.56. The number of aromatic nitrogens is 1. The molecule has 47 heavy (non-hydrogen) atoms. The summed E-state index contributed by atoms with van der Waals surface area (Å²) < 4.78 is 23.9. The number of ether oxygens (including phenoxy) is 2. The number of rotatable bonds is 8. The lowest BCUT2D eigenvalue weighted by molar-refractivity contribution is -0.119. The van der Waals surface area contributed by atoms with E-state index in [-0.39, 0.29) is 18.5 Å². The largest absolute Gasteiger partial charge is 0.496 e. The average Bonchev–Trinajstić information content (AvgIpc) is 3.49. The maximum Gasteiger partial charge on any atom is 0.496 e. The molecule has 250 valence electrons. The number of amides is 2. The van der Waals surface area contributed by atoms with Crippen molar-refractivity contribution in [2.75, 3.05) is 13.7 Å². The van der Waals surface area contributed by atoms with Crippen molar-refractivity contribution in [2.45, 2.75) is 90.7 Å². The smallest absolute Gasteiger partial charge is 0.481 e. The van der Waals surface area contributed by atoms with Gasteiger partial charge in [0.25, 0.3) is 0 Å². The fraction of sp³-hybridized carbons (Fsp3) is 0.457. The van der Waals surface area contributed by atoms with Crippen LogP contribution in [-0.4, -0.2) is 65.5 Å². The Morgan fingerprint density at radius 1 is 1.00 bits per heavy atom. The summed E-state index contributed by atoms with van der Waals surface area (Å²) in [7, 11) is 0.905. The van der Waals surface area contributed by atoms with Crippen LogP contribution < -0.4 is 15.5 Å². The zero-order chi connectivity index (χ0) is 34.3. The third-order valence-corrected chi connectivity index (χ3v) is 9.60. The molecule has 12 heteroatoms. The first kappa shape index (κ1) is 35.0. The van der Waals surface area contributed by atoms with Crippen LogP contribution in [0.2, 0.25) is 10.0 Å².